The lowest BCUT2D eigenvalue weighted by Crippen LogP contribution is -2.54. The largest absolute Gasteiger partial charge is 0.457 e. The van der Waals surface area contributed by atoms with E-state index in [4.69, 9.17) is 9.56 Å². The minimum atomic E-state index is -3.82. The van der Waals surface area contributed by atoms with E-state index < -0.39 is 27.9 Å². The number of aryl methyl sites for hydroxylation is 2. The van der Waals surface area contributed by atoms with E-state index in [2.05, 4.69) is 5.32 Å². The van der Waals surface area contributed by atoms with E-state index in [0.717, 1.165) is 10.5 Å². The molecule has 3 aromatic rings. The van der Waals surface area contributed by atoms with Crippen LogP contribution in [0.25, 0.3) is 17.4 Å². The maximum Gasteiger partial charge on any atom is 0.335 e. The van der Waals surface area contributed by atoms with Gasteiger partial charge < -0.3 is 4.42 Å². The second kappa shape index (κ2) is 8.15. The average Bonchev–Trinajstić information content (AvgIpc) is 3.21. The van der Waals surface area contributed by atoms with E-state index in [9.17, 15) is 22.8 Å². The maximum atomic E-state index is 13.1. The molecule has 1 aliphatic heterocycles. The number of carbonyl (C=O) groups excluding carboxylic acids is 3. The molecular formula is C23H19N3O6S. The van der Waals surface area contributed by atoms with Gasteiger partial charge in [-0.3, -0.25) is 14.9 Å². The monoisotopic (exact) mass is 465 g/mol. The lowest BCUT2D eigenvalue weighted by Gasteiger charge is -2.27. The number of sulfonamides is 1. The molecule has 1 aromatic heterocycles. The molecule has 0 bridgehead atoms. The van der Waals surface area contributed by atoms with Crippen molar-refractivity contribution in [3.63, 3.8) is 0 Å². The summed E-state index contributed by atoms with van der Waals surface area (Å²) in [6.45, 7) is 3.66. The lowest BCUT2D eigenvalue weighted by atomic mass is 10.1. The van der Waals surface area contributed by atoms with Crippen LogP contribution in [0.1, 0.15) is 16.9 Å². The Labute approximate surface area is 189 Å². The van der Waals surface area contributed by atoms with Gasteiger partial charge in [-0.25, -0.2) is 23.3 Å². The third kappa shape index (κ3) is 4.34. The number of benzene rings is 2. The van der Waals surface area contributed by atoms with Crippen molar-refractivity contribution in [2.75, 3.05) is 4.90 Å². The highest BCUT2D eigenvalue weighted by Gasteiger charge is 2.37. The van der Waals surface area contributed by atoms with Gasteiger partial charge in [0.2, 0.25) is 10.0 Å². The molecule has 0 spiro atoms. The molecule has 2 heterocycles. The van der Waals surface area contributed by atoms with Crippen LogP contribution < -0.4 is 15.4 Å². The summed E-state index contributed by atoms with van der Waals surface area (Å²) in [5.41, 5.74) is 2.35. The summed E-state index contributed by atoms with van der Waals surface area (Å²) in [6.07, 6.45) is 1.25. The molecule has 4 rings (SSSR count). The Balaban J connectivity index is 1.66. The number of hydrogen-bond donors (Lipinski definition) is 2. The average molecular weight is 465 g/mol. The second-order valence-corrected chi connectivity index (χ2v) is 9.08. The van der Waals surface area contributed by atoms with Crippen molar-refractivity contribution in [2.45, 2.75) is 18.7 Å². The zero-order valence-corrected chi connectivity index (χ0v) is 18.5. The number of primary sulfonamides is 1. The lowest BCUT2D eigenvalue weighted by molar-refractivity contribution is -0.122. The number of barbiturate groups is 1. The summed E-state index contributed by atoms with van der Waals surface area (Å²) in [4.78, 5) is 38.7. The molecule has 1 aliphatic rings. The first-order chi connectivity index (χ1) is 15.5. The van der Waals surface area contributed by atoms with E-state index in [1.807, 2.05) is 13.0 Å². The van der Waals surface area contributed by atoms with E-state index in [1.165, 1.54) is 30.3 Å². The summed E-state index contributed by atoms with van der Waals surface area (Å²) < 4.78 is 28.5. The first-order valence-corrected chi connectivity index (χ1v) is 11.3. The molecule has 9 nitrogen and oxygen atoms in total. The van der Waals surface area contributed by atoms with Crippen LogP contribution in [-0.2, 0) is 19.6 Å². The van der Waals surface area contributed by atoms with Crippen molar-refractivity contribution in [1.29, 1.82) is 0 Å². The van der Waals surface area contributed by atoms with Crippen molar-refractivity contribution in [3.8, 4) is 11.3 Å². The number of nitrogens with one attached hydrogen (secondary N) is 1. The molecule has 33 heavy (non-hydrogen) atoms. The number of anilines is 1. The van der Waals surface area contributed by atoms with E-state index in [-0.39, 0.29) is 16.2 Å². The van der Waals surface area contributed by atoms with Crippen molar-refractivity contribution in [2.24, 2.45) is 5.14 Å². The van der Waals surface area contributed by atoms with Crippen LogP contribution in [0.3, 0.4) is 0 Å². The highest BCUT2D eigenvalue weighted by molar-refractivity contribution is 7.89. The van der Waals surface area contributed by atoms with Gasteiger partial charge in [-0.2, -0.15) is 0 Å². The van der Waals surface area contributed by atoms with Gasteiger partial charge in [-0.15, -0.1) is 0 Å². The van der Waals surface area contributed by atoms with E-state index in [0.29, 0.717) is 22.6 Å². The highest BCUT2D eigenvalue weighted by atomic mass is 32.2. The van der Waals surface area contributed by atoms with Crippen LogP contribution in [0.4, 0.5) is 10.5 Å². The van der Waals surface area contributed by atoms with E-state index >= 15 is 0 Å². The molecule has 4 amide bonds. The zero-order chi connectivity index (χ0) is 23.9. The number of urea groups is 1. The SMILES string of the molecule is Cc1ccc(N2C(=O)NC(=O)/C(=C/c3ccc(-c4ccc(S(N)(=O)=O)cc4)o3)C2=O)c(C)c1. The third-order valence-corrected chi connectivity index (χ3v) is 6.00. The summed E-state index contributed by atoms with van der Waals surface area (Å²) >= 11 is 0. The van der Waals surface area contributed by atoms with Crippen LogP contribution in [0.2, 0.25) is 0 Å². The quantitative estimate of drug-likeness (QED) is 0.449. The van der Waals surface area contributed by atoms with Gasteiger partial charge in [-0.1, -0.05) is 17.7 Å². The molecule has 0 saturated carbocycles. The minimum absolute atomic E-state index is 0.0409. The molecule has 168 valence electrons. The fourth-order valence-electron chi connectivity index (χ4n) is 3.47. The van der Waals surface area contributed by atoms with Gasteiger partial charge >= 0.3 is 6.03 Å². The number of carbonyl (C=O) groups is 3. The molecule has 0 radical (unpaired) electrons. The predicted octanol–water partition coefficient (Wildman–Crippen LogP) is 2.88. The highest BCUT2D eigenvalue weighted by Crippen LogP contribution is 2.28. The molecular weight excluding hydrogens is 446 g/mol. The van der Waals surface area contributed by atoms with Crippen LogP contribution in [0.15, 0.2) is 69.5 Å². The first kappa shape index (κ1) is 22.2. The number of nitrogens with two attached hydrogens (primary N) is 1. The second-order valence-electron chi connectivity index (χ2n) is 7.52. The van der Waals surface area contributed by atoms with Gasteiger partial charge in [0.05, 0.1) is 10.6 Å². The van der Waals surface area contributed by atoms with Gasteiger partial charge in [0, 0.05) is 5.56 Å². The van der Waals surface area contributed by atoms with Crippen molar-refractivity contribution in [1.82, 2.24) is 5.32 Å². The van der Waals surface area contributed by atoms with Crippen LogP contribution >= 0.6 is 0 Å². The van der Waals surface area contributed by atoms with Gasteiger partial charge in [-0.05, 0) is 68.0 Å². The normalized spacial score (nSPS) is 15.8. The molecule has 1 fully saturated rings. The molecule has 0 aliphatic carbocycles. The Morgan fingerprint density at radius 2 is 1.67 bits per heavy atom. The Morgan fingerprint density at radius 3 is 2.30 bits per heavy atom. The fourth-order valence-corrected chi connectivity index (χ4v) is 3.98. The first-order valence-electron chi connectivity index (χ1n) is 9.76. The van der Waals surface area contributed by atoms with Gasteiger partial charge in [0.15, 0.2) is 0 Å². The molecule has 10 heteroatoms. The number of nitrogens with zero attached hydrogens (tertiary/aromatic N) is 1. The minimum Gasteiger partial charge on any atom is -0.457 e. The number of rotatable bonds is 4. The van der Waals surface area contributed by atoms with Crippen molar-refractivity contribution in [3.05, 3.63) is 77.1 Å². The Kier molecular flexibility index (Phi) is 5.48. The van der Waals surface area contributed by atoms with Crippen molar-refractivity contribution >= 4 is 39.6 Å². The van der Waals surface area contributed by atoms with Gasteiger partial charge in [0.25, 0.3) is 11.8 Å². The molecule has 1 saturated heterocycles. The molecule has 0 atom stereocenters. The number of imide groups is 2. The molecule has 0 unspecified atom stereocenters. The van der Waals surface area contributed by atoms with Gasteiger partial charge in [0.1, 0.15) is 17.1 Å². The van der Waals surface area contributed by atoms with E-state index in [1.54, 1.807) is 31.2 Å². The van der Waals surface area contributed by atoms with Crippen molar-refractivity contribution < 1.29 is 27.2 Å². The fraction of sp³-hybridized carbons (Fsp3) is 0.0870. The summed E-state index contributed by atoms with van der Waals surface area (Å²) in [5, 5.41) is 7.28. The topological polar surface area (TPSA) is 140 Å². The van der Waals surface area contributed by atoms with Crippen LogP contribution in [0.5, 0.6) is 0 Å². The predicted molar refractivity (Wildman–Crippen MR) is 120 cm³/mol. The van der Waals surface area contributed by atoms with Crippen LogP contribution in [-0.4, -0.2) is 26.3 Å². The number of furan rings is 1. The zero-order valence-electron chi connectivity index (χ0n) is 17.7. The Morgan fingerprint density at radius 1 is 0.970 bits per heavy atom. The number of hydrogen-bond acceptors (Lipinski definition) is 6. The summed E-state index contributed by atoms with van der Waals surface area (Å²) in [5.74, 6) is -1.02. The number of amides is 4. The van der Waals surface area contributed by atoms with Crippen LogP contribution in [0, 0.1) is 13.8 Å². The smallest absolute Gasteiger partial charge is 0.335 e. The Bertz CT molecular complexity index is 1440. The standard InChI is InChI=1S/C23H19N3O6S/c1-13-3-9-19(14(2)11-13)26-22(28)18(21(27)25-23(26)29)12-16-6-10-20(32-16)15-4-7-17(8-5-15)33(24,30)31/h3-12H,1-2H3,(H2,24,30,31)(H,25,27,29)/b18-12-. The third-order valence-electron chi connectivity index (χ3n) is 5.08. The Hall–Kier alpha value is -4.02. The molecule has 3 N–H and O–H groups in total. The maximum absolute atomic E-state index is 13.1. The summed E-state index contributed by atoms with van der Waals surface area (Å²) in [6, 6.07) is 13.3. The summed E-state index contributed by atoms with van der Waals surface area (Å²) in [7, 11) is -3.82. The molecule has 2 aromatic carbocycles.